The molecule has 0 heterocycles. The van der Waals surface area contributed by atoms with Gasteiger partial charge in [0.05, 0.1) is 0 Å². The first-order valence-corrected chi connectivity index (χ1v) is 1.22. The number of rotatable bonds is 0. The fraction of sp³-hybridized carbons (Fsp3) is 0. The molecular weight excluding hydrogens is 229 g/mol. The van der Waals surface area contributed by atoms with Gasteiger partial charge in [0.25, 0.3) is 0 Å². The summed E-state index contributed by atoms with van der Waals surface area (Å²) in [6.07, 6.45) is 0.750. The Morgan fingerprint density at radius 3 is 0.500 bits per heavy atom. The Morgan fingerprint density at radius 1 is 0.500 bits per heavy atom. The average Bonchev–Trinajstić information content (AvgIpc) is 1.70. The van der Waals surface area contributed by atoms with Crippen LogP contribution in [0, 0.1) is 22.3 Å². The van der Waals surface area contributed by atoms with Crippen molar-refractivity contribution < 1.29 is 60.1 Å². The minimum Gasteiger partial charge on any atom is -0.412 e. The third-order valence-electron chi connectivity index (χ3n) is 0. The molecule has 0 atom stereocenters. The van der Waals surface area contributed by atoms with Gasteiger partial charge in [0.2, 0.25) is 0 Å². The van der Waals surface area contributed by atoms with Crippen molar-refractivity contribution in [2.75, 3.05) is 0 Å². The van der Waals surface area contributed by atoms with Crippen molar-refractivity contribution >= 4 is 18.5 Å². The molecular formula is C6H11O7Sc. The maximum atomic E-state index is 8.12. The van der Waals surface area contributed by atoms with Crippen LogP contribution in [0.25, 0.3) is 0 Å². The Bertz CT molecular complexity index is 110. The van der Waals surface area contributed by atoms with Gasteiger partial charge in [-0.1, -0.05) is 0 Å². The van der Waals surface area contributed by atoms with E-state index in [-0.39, 0.29) is 72.1 Å². The van der Waals surface area contributed by atoms with Crippen LogP contribution < -0.4 is 0 Å². The zero-order valence-electron chi connectivity index (χ0n) is 8.03. The number of hydrogen-bond donors (Lipinski definition) is 0. The van der Waals surface area contributed by atoms with Gasteiger partial charge in [-0.25, -0.2) is 0 Å². The van der Waals surface area contributed by atoms with Crippen molar-refractivity contribution in [3.63, 3.8) is 0 Å². The van der Waals surface area contributed by atoms with Gasteiger partial charge in [0, 0.05) is 0 Å². The van der Waals surface area contributed by atoms with Gasteiger partial charge in [-0.3, -0.25) is 0 Å². The van der Waals surface area contributed by atoms with E-state index in [4.69, 9.17) is 28.8 Å². The van der Waals surface area contributed by atoms with E-state index in [1.165, 1.54) is 0 Å². The summed E-state index contributed by atoms with van der Waals surface area (Å²) in [5, 5.41) is 0. The van der Waals surface area contributed by atoms with E-state index in [2.05, 4.69) is 0 Å². The van der Waals surface area contributed by atoms with Crippen LogP contribution >= 0.6 is 0 Å². The van der Waals surface area contributed by atoms with Crippen molar-refractivity contribution in [1.29, 1.82) is 0 Å². The van der Waals surface area contributed by atoms with Gasteiger partial charge in [-0.15, -0.1) is 0 Å². The van der Waals surface area contributed by atoms with Gasteiger partial charge < -0.3 is 27.8 Å². The molecule has 8 heteroatoms. The maximum Gasteiger partial charge on any atom is 3.00 e. The Hall–Kier alpha value is -1.03. The standard InChI is InChI=1S/3CO2.3CH3.H2O.Sc/c3*2-1-3;;;;;/h;;;3*1H3;1H2;/q;;;3*-1;;+3. The first-order chi connectivity index (χ1) is 4.24. The predicted molar refractivity (Wildman–Crippen MR) is 37.9 cm³/mol. The maximum absolute atomic E-state index is 8.12. The number of carbonyl (C=O) groups excluding carboxylic acids is 6. The summed E-state index contributed by atoms with van der Waals surface area (Å²) in [7, 11) is 0. The van der Waals surface area contributed by atoms with Crippen molar-refractivity contribution in [3.05, 3.63) is 22.3 Å². The van der Waals surface area contributed by atoms with E-state index in [1.54, 1.807) is 0 Å². The second-order valence-electron chi connectivity index (χ2n) is 0.250. The van der Waals surface area contributed by atoms with Gasteiger partial charge in [0.15, 0.2) is 0 Å². The molecule has 0 radical (unpaired) electrons. The molecule has 80 valence electrons. The molecule has 0 aliphatic heterocycles. The third-order valence-corrected chi connectivity index (χ3v) is 0. The van der Waals surface area contributed by atoms with Gasteiger partial charge in [-0.05, 0) is 0 Å². The van der Waals surface area contributed by atoms with Crippen LogP contribution in [0.4, 0.5) is 0 Å². The fourth-order valence-electron chi connectivity index (χ4n) is 0. The van der Waals surface area contributed by atoms with Crippen LogP contribution in [-0.4, -0.2) is 23.9 Å². The number of hydrogen-bond acceptors (Lipinski definition) is 6. The molecule has 0 fully saturated rings. The molecule has 0 rings (SSSR count). The molecule has 0 unspecified atom stereocenters. The van der Waals surface area contributed by atoms with Gasteiger partial charge >= 0.3 is 44.3 Å². The largest absolute Gasteiger partial charge is 3.00 e. The quantitative estimate of drug-likeness (QED) is 0.486. The first-order valence-electron chi connectivity index (χ1n) is 1.22. The van der Waals surface area contributed by atoms with Gasteiger partial charge in [0.1, 0.15) is 0 Å². The Labute approximate surface area is 101 Å². The summed E-state index contributed by atoms with van der Waals surface area (Å²) in [5.74, 6) is 0. The van der Waals surface area contributed by atoms with E-state index in [0.29, 0.717) is 0 Å². The molecule has 2 N–H and O–H groups in total. The Kier molecular flexibility index (Phi) is 1990. The monoisotopic (exact) mass is 240 g/mol. The predicted octanol–water partition coefficient (Wildman–Crippen LogP) is -1.23. The van der Waals surface area contributed by atoms with Crippen LogP contribution in [0.2, 0.25) is 0 Å². The summed E-state index contributed by atoms with van der Waals surface area (Å²) in [4.78, 5) is 48.8. The molecule has 14 heavy (non-hydrogen) atoms. The van der Waals surface area contributed by atoms with Gasteiger partial charge in [-0.2, -0.15) is 28.8 Å². The summed E-state index contributed by atoms with van der Waals surface area (Å²) in [6.45, 7) is 0. The molecule has 0 aromatic rings. The van der Waals surface area contributed by atoms with Crippen LogP contribution in [0.3, 0.4) is 0 Å². The topological polar surface area (TPSA) is 134 Å². The second-order valence-corrected chi connectivity index (χ2v) is 0.250. The molecule has 0 aromatic heterocycles. The van der Waals surface area contributed by atoms with Crippen molar-refractivity contribution in [3.8, 4) is 0 Å². The second kappa shape index (κ2) is 371. The Morgan fingerprint density at radius 2 is 0.500 bits per heavy atom. The van der Waals surface area contributed by atoms with E-state index in [1.807, 2.05) is 0 Å². The minimum absolute atomic E-state index is 0. The summed E-state index contributed by atoms with van der Waals surface area (Å²) < 4.78 is 0. The molecule has 0 saturated heterocycles. The SMILES string of the molecule is O.O=C=O.O=C=O.O=C=O.[CH3-].[CH3-].[CH3-].[Sc+3]. The molecule has 0 aliphatic rings. The van der Waals surface area contributed by atoms with Crippen molar-refractivity contribution in [2.24, 2.45) is 0 Å². The van der Waals surface area contributed by atoms with E-state index in [0.717, 1.165) is 0 Å². The summed E-state index contributed by atoms with van der Waals surface area (Å²) in [6, 6.07) is 0. The molecule has 0 aliphatic carbocycles. The smallest absolute Gasteiger partial charge is 0.412 e. The summed E-state index contributed by atoms with van der Waals surface area (Å²) in [5.41, 5.74) is 0. The van der Waals surface area contributed by atoms with E-state index >= 15 is 0 Å². The fourth-order valence-corrected chi connectivity index (χ4v) is 0. The van der Waals surface area contributed by atoms with Crippen LogP contribution in [0.15, 0.2) is 0 Å². The Balaban J connectivity index is -0.00000000545. The molecule has 0 spiro atoms. The van der Waals surface area contributed by atoms with Crippen LogP contribution in [0.5, 0.6) is 0 Å². The first kappa shape index (κ1) is 75.2. The van der Waals surface area contributed by atoms with Crippen LogP contribution in [-0.2, 0) is 54.6 Å². The normalized spacial score (nSPS) is 1.71. The van der Waals surface area contributed by atoms with Crippen molar-refractivity contribution in [2.45, 2.75) is 0 Å². The average molecular weight is 240 g/mol. The minimum atomic E-state index is 0. The zero-order valence-corrected chi connectivity index (χ0v) is 9.83. The molecule has 0 aromatic carbocycles. The summed E-state index contributed by atoms with van der Waals surface area (Å²) >= 11 is 0. The zero-order chi connectivity index (χ0) is 8.12. The van der Waals surface area contributed by atoms with Crippen LogP contribution in [0.1, 0.15) is 0 Å². The van der Waals surface area contributed by atoms with E-state index in [9.17, 15) is 0 Å². The third kappa shape index (κ3) is 1030. The van der Waals surface area contributed by atoms with Crippen molar-refractivity contribution in [1.82, 2.24) is 0 Å². The molecule has 0 bridgehead atoms. The molecule has 7 nitrogen and oxygen atoms in total. The van der Waals surface area contributed by atoms with E-state index < -0.39 is 0 Å². The molecule has 0 saturated carbocycles. The molecule has 0 amide bonds.